The molecule has 0 radical (unpaired) electrons. The first-order valence-corrected chi connectivity index (χ1v) is 9.35. The van der Waals surface area contributed by atoms with Crippen LogP contribution in [-0.4, -0.2) is 31.5 Å². The molecule has 1 aromatic rings. The van der Waals surface area contributed by atoms with Crippen molar-refractivity contribution in [1.29, 1.82) is 0 Å². The average Bonchev–Trinajstić information content (AvgIpc) is 2.57. The summed E-state index contributed by atoms with van der Waals surface area (Å²) in [7, 11) is -3.73. The second-order valence-corrected chi connectivity index (χ2v) is 7.72. The number of amidine groups is 1. The van der Waals surface area contributed by atoms with Crippen molar-refractivity contribution in [2.24, 2.45) is 4.40 Å². The topological polar surface area (TPSA) is 59.0 Å². The molecule has 152 valence electrons. The molecule has 0 aromatic heterocycles. The van der Waals surface area contributed by atoms with E-state index in [-0.39, 0.29) is 35.5 Å². The Labute approximate surface area is 155 Å². The van der Waals surface area contributed by atoms with Crippen LogP contribution in [0.25, 0.3) is 0 Å². The van der Waals surface area contributed by atoms with Gasteiger partial charge < -0.3 is 9.64 Å². The van der Waals surface area contributed by atoms with Crippen molar-refractivity contribution < 1.29 is 39.5 Å². The molecule has 2 aliphatic heterocycles. The van der Waals surface area contributed by atoms with Crippen LogP contribution in [-0.2, 0) is 33.7 Å². The van der Waals surface area contributed by atoms with Crippen molar-refractivity contribution in [1.82, 2.24) is 4.90 Å². The number of fused-ring (bicyclic) bond motifs is 1. The highest BCUT2D eigenvalue weighted by Gasteiger charge is 2.37. The summed E-state index contributed by atoms with van der Waals surface area (Å²) in [4.78, 5) is 1.46. The van der Waals surface area contributed by atoms with Gasteiger partial charge >= 0.3 is 12.4 Å². The third-order valence-electron chi connectivity index (χ3n) is 3.86. The van der Waals surface area contributed by atoms with E-state index in [1.54, 1.807) is 0 Å². The Kier molecular flexibility index (Phi) is 4.94. The van der Waals surface area contributed by atoms with E-state index in [0.717, 1.165) is 0 Å². The first-order chi connectivity index (χ1) is 12.9. The highest BCUT2D eigenvalue weighted by molar-refractivity contribution is 7.90. The lowest BCUT2D eigenvalue weighted by Gasteiger charge is -2.28. The van der Waals surface area contributed by atoms with Crippen molar-refractivity contribution >= 4 is 15.9 Å². The smallest absolute Gasteiger partial charge is 0.416 e. The van der Waals surface area contributed by atoms with E-state index in [9.17, 15) is 34.8 Å². The summed E-state index contributed by atoms with van der Waals surface area (Å²) in [6, 6.07) is 1.11. The fraction of sp³-hybridized carbons (Fsp3) is 0.312. The summed E-state index contributed by atoms with van der Waals surface area (Å²) in [6.07, 6.45) is -5.58. The molecule has 0 fully saturated rings. The van der Waals surface area contributed by atoms with Crippen molar-refractivity contribution in [3.8, 4) is 0 Å². The van der Waals surface area contributed by atoms with Gasteiger partial charge in [0, 0.05) is 12.7 Å². The van der Waals surface area contributed by atoms with Crippen molar-refractivity contribution in [3.05, 3.63) is 59.0 Å². The molecule has 0 unspecified atom stereocenters. The van der Waals surface area contributed by atoms with Gasteiger partial charge in [0.25, 0.3) is 10.0 Å². The number of benzene rings is 1. The van der Waals surface area contributed by atoms with Gasteiger partial charge in [-0.2, -0.15) is 26.3 Å². The molecule has 0 atom stereocenters. The number of nitrogens with zero attached hydrogens (tertiary/aromatic N) is 2. The number of ether oxygens (including phenoxy) is 1. The summed E-state index contributed by atoms with van der Waals surface area (Å²) in [5.41, 5.74) is -3.29. The number of allylic oxidation sites excluding steroid dienone is 2. The van der Waals surface area contributed by atoms with E-state index >= 15 is 0 Å². The molecule has 5 nitrogen and oxygen atoms in total. The van der Waals surface area contributed by atoms with E-state index in [1.807, 2.05) is 0 Å². The van der Waals surface area contributed by atoms with Crippen molar-refractivity contribution in [2.45, 2.75) is 19.0 Å². The van der Waals surface area contributed by atoms with Gasteiger partial charge in [-0.15, -0.1) is 4.40 Å². The van der Waals surface area contributed by atoms with Gasteiger partial charge in [0.1, 0.15) is 6.61 Å². The number of alkyl halides is 6. The molecule has 0 N–H and O–H groups in total. The van der Waals surface area contributed by atoms with Crippen LogP contribution in [0.2, 0.25) is 0 Å². The van der Waals surface area contributed by atoms with Crippen LogP contribution < -0.4 is 0 Å². The molecule has 28 heavy (non-hydrogen) atoms. The predicted molar refractivity (Wildman–Crippen MR) is 86.4 cm³/mol. The Bertz CT molecular complexity index is 945. The van der Waals surface area contributed by atoms with Crippen LogP contribution in [0.15, 0.2) is 46.7 Å². The minimum absolute atomic E-state index is 0.0195. The van der Waals surface area contributed by atoms with Crippen molar-refractivity contribution in [3.63, 3.8) is 0 Å². The number of hydrogen-bond donors (Lipinski definition) is 0. The normalized spacial score (nSPS) is 19.0. The lowest BCUT2D eigenvalue weighted by Crippen LogP contribution is -2.38. The molecule has 3 rings (SSSR count). The van der Waals surface area contributed by atoms with Crippen LogP contribution in [0, 0.1) is 0 Å². The van der Waals surface area contributed by atoms with Gasteiger partial charge in [0.15, 0.2) is 11.6 Å². The Morgan fingerprint density at radius 1 is 1.04 bits per heavy atom. The molecule has 0 bridgehead atoms. The quantitative estimate of drug-likeness (QED) is 0.692. The van der Waals surface area contributed by atoms with E-state index in [2.05, 4.69) is 4.40 Å². The first-order valence-electron chi connectivity index (χ1n) is 7.74. The van der Waals surface area contributed by atoms with Crippen LogP contribution in [0.3, 0.4) is 0 Å². The summed E-state index contributed by atoms with van der Waals surface area (Å²) < 4.78 is 110. The molecule has 0 amide bonds. The van der Waals surface area contributed by atoms with Crippen LogP contribution in [0.5, 0.6) is 0 Å². The molecule has 0 saturated heterocycles. The van der Waals surface area contributed by atoms with E-state index in [4.69, 9.17) is 4.74 Å². The molecule has 0 aliphatic carbocycles. The molecule has 2 aliphatic rings. The standard InChI is InChI=1S/C16H12F6N2O3S/c17-15(18,19)11-6-10(7-12(8-11)16(20,21)22)9-27-13-2-1-3-24-4-5-28(25,26)23-14(13)24/h1-3,6-8H,4-5,9H2. The highest BCUT2D eigenvalue weighted by atomic mass is 32.2. The number of rotatable bonds is 3. The molecule has 1 aromatic carbocycles. The van der Waals surface area contributed by atoms with Crippen LogP contribution >= 0.6 is 0 Å². The van der Waals surface area contributed by atoms with Crippen LogP contribution in [0.1, 0.15) is 16.7 Å². The highest BCUT2D eigenvalue weighted by Crippen LogP contribution is 2.36. The monoisotopic (exact) mass is 426 g/mol. The molecular weight excluding hydrogens is 414 g/mol. The first kappa shape index (κ1) is 20.2. The Balaban J connectivity index is 1.89. The molecule has 2 heterocycles. The minimum Gasteiger partial charge on any atom is -0.485 e. The zero-order valence-electron chi connectivity index (χ0n) is 13.9. The Morgan fingerprint density at radius 3 is 2.21 bits per heavy atom. The predicted octanol–water partition coefficient (Wildman–Crippen LogP) is 3.70. The lowest BCUT2D eigenvalue weighted by atomic mass is 10.1. The van der Waals surface area contributed by atoms with Crippen molar-refractivity contribution in [2.75, 3.05) is 12.3 Å². The summed E-state index contributed by atoms with van der Waals surface area (Å²) in [5, 5.41) is 0. The fourth-order valence-electron chi connectivity index (χ4n) is 2.57. The van der Waals surface area contributed by atoms with Gasteiger partial charge in [-0.05, 0) is 35.9 Å². The summed E-state index contributed by atoms with van der Waals surface area (Å²) >= 11 is 0. The maximum absolute atomic E-state index is 12.9. The maximum Gasteiger partial charge on any atom is 0.416 e. The average molecular weight is 426 g/mol. The fourth-order valence-corrected chi connectivity index (χ4v) is 3.54. The van der Waals surface area contributed by atoms with Crippen LogP contribution in [0.4, 0.5) is 26.3 Å². The number of halogens is 6. The van der Waals surface area contributed by atoms with Gasteiger partial charge in [0.2, 0.25) is 0 Å². The van der Waals surface area contributed by atoms with Gasteiger partial charge in [0.05, 0.1) is 16.9 Å². The lowest BCUT2D eigenvalue weighted by molar-refractivity contribution is -0.143. The third kappa shape index (κ3) is 4.49. The second kappa shape index (κ2) is 6.83. The zero-order valence-corrected chi connectivity index (χ0v) is 14.7. The van der Waals surface area contributed by atoms with E-state index in [0.29, 0.717) is 12.1 Å². The molecule has 0 spiro atoms. The summed E-state index contributed by atoms with van der Waals surface area (Å²) in [5.74, 6) is -0.370. The minimum atomic E-state index is -4.97. The SMILES string of the molecule is O=S1(=O)CCN2C=CC=C(OCc3cc(C(F)(F)F)cc(C(F)(F)F)c3)C2=N1. The van der Waals surface area contributed by atoms with Gasteiger partial charge in [-0.25, -0.2) is 8.42 Å². The second-order valence-electron chi connectivity index (χ2n) is 5.97. The Hall–Kier alpha value is -2.50. The Morgan fingerprint density at radius 2 is 1.64 bits per heavy atom. The largest absolute Gasteiger partial charge is 0.485 e. The number of hydrogen-bond acceptors (Lipinski definition) is 4. The van der Waals surface area contributed by atoms with Gasteiger partial charge in [-0.1, -0.05) is 0 Å². The van der Waals surface area contributed by atoms with E-state index in [1.165, 1.54) is 23.3 Å². The van der Waals surface area contributed by atoms with Gasteiger partial charge in [-0.3, -0.25) is 0 Å². The van der Waals surface area contributed by atoms with E-state index < -0.39 is 40.1 Å². The third-order valence-corrected chi connectivity index (χ3v) is 5.01. The summed E-state index contributed by atoms with van der Waals surface area (Å²) in [6.45, 7) is -0.542. The zero-order chi connectivity index (χ0) is 20.7. The molecular formula is C16H12F6N2O3S. The molecule has 0 saturated carbocycles. The maximum atomic E-state index is 12.9. The number of sulfonamides is 1. The molecule has 12 heteroatoms.